The van der Waals surface area contributed by atoms with Gasteiger partial charge in [-0.05, 0) is 44.9 Å². The van der Waals surface area contributed by atoms with Gasteiger partial charge in [0, 0.05) is 6.42 Å². The van der Waals surface area contributed by atoms with Gasteiger partial charge in [0.15, 0.2) is 12.6 Å². The van der Waals surface area contributed by atoms with E-state index in [0.717, 1.165) is 51.4 Å². The van der Waals surface area contributed by atoms with E-state index in [1.807, 2.05) is 18.2 Å². The molecular weight excluding hydrogens is 787 g/mol. The number of aliphatic hydroxyl groups is 8. The van der Waals surface area contributed by atoms with Gasteiger partial charge in [0.05, 0.1) is 32.0 Å². The average molecular weight is 866 g/mol. The quantitative estimate of drug-likeness (QED) is 0.0336. The van der Waals surface area contributed by atoms with Gasteiger partial charge in [-0.25, -0.2) is 0 Å². The second kappa shape index (κ2) is 33.9. The third kappa shape index (κ3) is 22.1. The smallest absolute Gasteiger partial charge is 0.224 e. The van der Waals surface area contributed by atoms with E-state index >= 15 is 0 Å². The number of carbonyl (C=O) groups is 1. The molecule has 0 aromatic carbocycles. The van der Waals surface area contributed by atoms with Gasteiger partial charge in [0.2, 0.25) is 5.91 Å². The number of ether oxygens (including phenoxy) is 4. The normalized spacial score (nSPS) is 28.7. The van der Waals surface area contributed by atoms with Crippen molar-refractivity contribution in [1.29, 1.82) is 0 Å². The molecule has 14 heteroatoms. The number of rotatable bonds is 32. The molecule has 9 N–H and O–H groups in total. The fraction of sp³-hybridized carbons (Fsp3) is 0.723. The van der Waals surface area contributed by atoms with E-state index in [1.54, 1.807) is 12.2 Å². The Balaban J connectivity index is 1.96. The predicted molar refractivity (Wildman–Crippen MR) is 235 cm³/mol. The molecule has 0 bridgehead atoms. The molecule has 14 nitrogen and oxygen atoms in total. The summed E-state index contributed by atoms with van der Waals surface area (Å²) in [5.74, 6) is -0.372. The number of nitrogens with one attached hydrogen (secondary N) is 1. The number of hydrogen-bond donors (Lipinski definition) is 9. The second-order valence-electron chi connectivity index (χ2n) is 15.8. The van der Waals surface area contributed by atoms with Crippen molar-refractivity contribution in [3.63, 3.8) is 0 Å². The van der Waals surface area contributed by atoms with Gasteiger partial charge >= 0.3 is 0 Å². The highest BCUT2D eigenvalue weighted by atomic mass is 16.7. The minimum atomic E-state index is -1.80. The lowest BCUT2D eigenvalue weighted by molar-refractivity contribution is -0.359. The Kier molecular flexibility index (Phi) is 30.3. The molecule has 2 heterocycles. The van der Waals surface area contributed by atoms with Crippen LogP contribution in [0.3, 0.4) is 0 Å². The minimum Gasteiger partial charge on any atom is -0.394 e. The first-order valence-electron chi connectivity index (χ1n) is 22.7. The van der Waals surface area contributed by atoms with Crippen molar-refractivity contribution in [3.05, 3.63) is 72.9 Å². The number of hydrogen-bond acceptors (Lipinski definition) is 13. The number of unbranched alkanes of at least 4 members (excludes halogenated alkanes) is 10. The molecule has 1 amide bonds. The van der Waals surface area contributed by atoms with Crippen LogP contribution >= 0.6 is 0 Å². The van der Waals surface area contributed by atoms with Crippen LogP contribution in [0.25, 0.3) is 0 Å². The molecule has 61 heavy (non-hydrogen) atoms. The van der Waals surface area contributed by atoms with E-state index < -0.39 is 86.8 Å². The van der Waals surface area contributed by atoms with E-state index in [9.17, 15) is 45.6 Å². The first kappa shape index (κ1) is 54.6. The fourth-order valence-corrected chi connectivity index (χ4v) is 6.94. The second-order valence-corrected chi connectivity index (χ2v) is 15.8. The molecule has 0 aromatic rings. The zero-order valence-electron chi connectivity index (χ0n) is 36.6. The lowest BCUT2D eigenvalue weighted by Gasteiger charge is -2.46. The van der Waals surface area contributed by atoms with E-state index in [2.05, 4.69) is 61.7 Å². The highest BCUT2D eigenvalue weighted by Crippen LogP contribution is 2.30. The van der Waals surface area contributed by atoms with Crippen LogP contribution in [-0.2, 0) is 23.7 Å². The molecule has 2 rings (SSSR count). The summed E-state index contributed by atoms with van der Waals surface area (Å²) in [6.07, 6.45) is 24.1. The monoisotopic (exact) mass is 866 g/mol. The average Bonchev–Trinajstić information content (AvgIpc) is 3.26. The van der Waals surface area contributed by atoms with Crippen LogP contribution in [0.2, 0.25) is 0 Å². The maximum Gasteiger partial charge on any atom is 0.224 e. The SMILES string of the molecule is CC/C=C\C/C=C\C/C=C\C/C=C\C/C=C\CC(=O)NC(COC1OC(CO)C(OC2OC(CO)C(O)C(O)C2O)C(O)C1O)C(O)/C=C/CCCCCCCCCCCC. The Morgan fingerprint density at radius 1 is 0.607 bits per heavy atom. The van der Waals surface area contributed by atoms with Crippen LogP contribution in [0.5, 0.6) is 0 Å². The Morgan fingerprint density at radius 2 is 1.11 bits per heavy atom. The Bertz CT molecular complexity index is 1300. The van der Waals surface area contributed by atoms with Gasteiger partial charge in [0.1, 0.15) is 48.8 Å². The largest absolute Gasteiger partial charge is 0.394 e. The van der Waals surface area contributed by atoms with E-state index in [4.69, 9.17) is 18.9 Å². The number of aliphatic hydroxyl groups excluding tert-OH is 8. The van der Waals surface area contributed by atoms with Crippen molar-refractivity contribution in [1.82, 2.24) is 5.32 Å². The topological polar surface area (TPSA) is 228 Å². The molecule has 0 spiro atoms. The van der Waals surface area contributed by atoms with Crippen LogP contribution in [0, 0.1) is 0 Å². The van der Waals surface area contributed by atoms with Crippen molar-refractivity contribution in [3.8, 4) is 0 Å². The number of amides is 1. The van der Waals surface area contributed by atoms with Crippen molar-refractivity contribution in [2.75, 3.05) is 19.8 Å². The molecule has 12 atom stereocenters. The molecule has 350 valence electrons. The molecule has 0 aliphatic carbocycles. The van der Waals surface area contributed by atoms with Gasteiger partial charge in [0.25, 0.3) is 0 Å². The summed E-state index contributed by atoms with van der Waals surface area (Å²) >= 11 is 0. The van der Waals surface area contributed by atoms with E-state index in [1.165, 1.54) is 44.9 Å². The highest BCUT2D eigenvalue weighted by molar-refractivity contribution is 5.77. The van der Waals surface area contributed by atoms with Crippen LogP contribution in [0.4, 0.5) is 0 Å². The molecule has 0 saturated carbocycles. The molecular formula is C47H79NO13. The van der Waals surface area contributed by atoms with Gasteiger partial charge in [-0.15, -0.1) is 0 Å². The van der Waals surface area contributed by atoms with Gasteiger partial charge in [-0.1, -0.05) is 145 Å². The lowest BCUT2D eigenvalue weighted by atomic mass is 9.97. The molecule has 2 fully saturated rings. The minimum absolute atomic E-state index is 0.0455. The van der Waals surface area contributed by atoms with Gasteiger partial charge < -0.3 is 65.1 Å². The summed E-state index contributed by atoms with van der Waals surface area (Å²) in [6.45, 7) is 2.55. The third-order valence-corrected chi connectivity index (χ3v) is 10.7. The summed E-state index contributed by atoms with van der Waals surface area (Å²) < 4.78 is 22.6. The molecule has 2 aliphatic heterocycles. The third-order valence-electron chi connectivity index (χ3n) is 10.7. The lowest BCUT2D eigenvalue weighted by Crippen LogP contribution is -2.65. The first-order valence-corrected chi connectivity index (χ1v) is 22.7. The van der Waals surface area contributed by atoms with Crippen LogP contribution in [0.15, 0.2) is 72.9 Å². The zero-order valence-corrected chi connectivity index (χ0v) is 36.6. The maximum absolute atomic E-state index is 13.0. The van der Waals surface area contributed by atoms with Crippen LogP contribution in [-0.4, -0.2) is 140 Å². The predicted octanol–water partition coefficient (Wildman–Crippen LogP) is 4.48. The standard InChI is InChI=1S/C47H79NO13/c1-3-5-7-9-11-13-15-17-18-19-21-23-25-27-29-31-39(52)48-35(36(51)30-28-26-24-22-20-16-14-12-10-8-6-4-2)34-58-46-44(57)42(55)45(38(33-50)60-46)61-47-43(56)41(54)40(53)37(32-49)59-47/h5,7,11,13,17-18,21,23,27-30,35-38,40-47,49-51,53-57H,3-4,6,8-10,12,14-16,19-20,22,24-26,31-34H2,1-2H3,(H,48,52)/b7-5-,13-11-,18-17-,23-21-,29-27-,30-28+. The molecule has 2 saturated heterocycles. The van der Waals surface area contributed by atoms with Crippen molar-refractivity contribution >= 4 is 5.91 Å². The van der Waals surface area contributed by atoms with E-state index in [0.29, 0.717) is 6.42 Å². The van der Waals surface area contributed by atoms with Crippen LogP contribution < -0.4 is 5.32 Å². The van der Waals surface area contributed by atoms with Crippen molar-refractivity contribution < 1.29 is 64.6 Å². The number of allylic oxidation sites excluding steroid dienone is 10. The highest BCUT2D eigenvalue weighted by Gasteiger charge is 2.50. The number of carbonyl (C=O) groups excluding carboxylic acids is 1. The molecule has 0 aromatic heterocycles. The Morgan fingerprint density at radius 3 is 1.67 bits per heavy atom. The Hall–Kier alpha value is -2.57. The molecule has 2 aliphatic rings. The van der Waals surface area contributed by atoms with Gasteiger partial charge in [-0.3, -0.25) is 4.79 Å². The summed E-state index contributed by atoms with van der Waals surface area (Å²) in [4.78, 5) is 13.0. The van der Waals surface area contributed by atoms with E-state index in [-0.39, 0.29) is 18.9 Å². The van der Waals surface area contributed by atoms with Crippen LogP contribution in [0.1, 0.15) is 123 Å². The zero-order chi connectivity index (χ0) is 44.7. The maximum atomic E-state index is 13.0. The molecule has 0 radical (unpaired) electrons. The van der Waals surface area contributed by atoms with Gasteiger partial charge in [-0.2, -0.15) is 0 Å². The molecule has 12 unspecified atom stereocenters. The Labute approximate surface area is 364 Å². The van der Waals surface area contributed by atoms with Crippen molar-refractivity contribution in [2.45, 2.75) is 197 Å². The summed E-state index contributed by atoms with van der Waals surface area (Å²) in [5, 5.41) is 86.3. The van der Waals surface area contributed by atoms with Crippen molar-refractivity contribution in [2.24, 2.45) is 0 Å². The summed E-state index contributed by atoms with van der Waals surface area (Å²) in [6, 6.07) is -0.970. The summed E-state index contributed by atoms with van der Waals surface area (Å²) in [7, 11) is 0. The first-order chi connectivity index (χ1) is 29.6. The summed E-state index contributed by atoms with van der Waals surface area (Å²) in [5.41, 5.74) is 0. The fourth-order valence-electron chi connectivity index (χ4n) is 6.94.